The van der Waals surface area contributed by atoms with Gasteiger partial charge in [-0.05, 0) is 81.7 Å². The van der Waals surface area contributed by atoms with E-state index in [0.29, 0.717) is 31.0 Å². The summed E-state index contributed by atoms with van der Waals surface area (Å²) in [6, 6.07) is 5.68. The number of hydrogen-bond acceptors (Lipinski definition) is 5. The van der Waals surface area contributed by atoms with Gasteiger partial charge < -0.3 is 20.3 Å². The van der Waals surface area contributed by atoms with Gasteiger partial charge in [0.15, 0.2) is 0 Å². The fraction of sp³-hybridized carbons (Fsp3) is 0.676. The Morgan fingerprint density at radius 1 is 0.976 bits per heavy atom. The Labute approximate surface area is 250 Å². The van der Waals surface area contributed by atoms with Crippen molar-refractivity contribution in [3.05, 3.63) is 41.5 Å². The average molecular weight is 577 g/mol. The van der Waals surface area contributed by atoms with Gasteiger partial charge in [-0.3, -0.25) is 19.3 Å². The molecule has 8 nitrogen and oxygen atoms in total. The third-order valence-electron chi connectivity index (χ3n) is 11.0. The molecule has 1 aromatic carbocycles. The molecule has 42 heavy (non-hydrogen) atoms. The molecule has 4 aliphatic heterocycles. The van der Waals surface area contributed by atoms with Crippen LogP contribution in [-0.2, 0) is 19.1 Å². The van der Waals surface area contributed by atoms with Gasteiger partial charge in [-0.1, -0.05) is 51.3 Å². The van der Waals surface area contributed by atoms with E-state index in [4.69, 9.17) is 4.74 Å². The first-order valence-corrected chi connectivity index (χ1v) is 16.2. The standard InChI is InChI=1S/C34H48N4O4/c1-20-17-21(2)19-25(18-20)35-31(39)28-27-12-13-34(42-27)29(28)33(41)38(16-15-37-14-7-6-10-23(37)4)30(34)32(40)36-26-11-8-9-22(3)24(26)5/h12-13,17-19,22-24,26-30H,6-11,14-16H2,1-5H3,(H,35,39)(H,36,40)/t22?,23?,24?,26?,27-,28?,29-,30?,34?/m0/s1. The third kappa shape index (κ3) is 5.08. The van der Waals surface area contributed by atoms with Gasteiger partial charge in [0.2, 0.25) is 17.7 Å². The number of anilines is 1. The van der Waals surface area contributed by atoms with Crippen molar-refractivity contribution in [1.29, 1.82) is 0 Å². The minimum absolute atomic E-state index is 0.0713. The van der Waals surface area contributed by atoms with Crippen molar-refractivity contribution in [2.24, 2.45) is 23.7 Å². The molecule has 1 saturated carbocycles. The lowest BCUT2D eigenvalue weighted by Gasteiger charge is -2.39. The van der Waals surface area contributed by atoms with E-state index in [-0.39, 0.29) is 23.8 Å². The molecule has 0 aromatic heterocycles. The number of amides is 3. The van der Waals surface area contributed by atoms with Crippen LogP contribution in [0, 0.1) is 37.5 Å². The number of benzene rings is 1. The second-order valence-corrected chi connectivity index (χ2v) is 13.9. The maximum atomic E-state index is 14.4. The molecule has 4 fully saturated rings. The highest BCUT2D eigenvalue weighted by atomic mass is 16.5. The summed E-state index contributed by atoms with van der Waals surface area (Å²) in [7, 11) is 0. The van der Waals surface area contributed by atoms with Crippen LogP contribution < -0.4 is 10.6 Å². The second-order valence-electron chi connectivity index (χ2n) is 13.9. The van der Waals surface area contributed by atoms with Crippen molar-refractivity contribution >= 4 is 23.4 Å². The molecular weight excluding hydrogens is 528 g/mol. The minimum atomic E-state index is -1.13. The van der Waals surface area contributed by atoms with Gasteiger partial charge >= 0.3 is 0 Å². The third-order valence-corrected chi connectivity index (χ3v) is 11.0. The fourth-order valence-electron chi connectivity index (χ4n) is 8.55. The highest BCUT2D eigenvalue weighted by Crippen LogP contribution is 2.55. The maximum absolute atomic E-state index is 14.4. The molecule has 0 radical (unpaired) electrons. The fourth-order valence-corrected chi connectivity index (χ4v) is 8.55. The van der Waals surface area contributed by atoms with Crippen molar-refractivity contribution in [3.63, 3.8) is 0 Å². The van der Waals surface area contributed by atoms with E-state index >= 15 is 0 Å². The molecule has 4 heterocycles. The normalized spacial score (nSPS) is 37.6. The van der Waals surface area contributed by atoms with Crippen molar-refractivity contribution in [2.75, 3.05) is 25.0 Å². The molecule has 7 unspecified atom stereocenters. The largest absolute Gasteiger partial charge is 0.359 e. The Balaban J connectivity index is 1.28. The van der Waals surface area contributed by atoms with Crippen LogP contribution in [-0.4, -0.2) is 77.0 Å². The first-order chi connectivity index (χ1) is 20.1. The predicted octanol–water partition coefficient (Wildman–Crippen LogP) is 4.21. The van der Waals surface area contributed by atoms with Gasteiger partial charge in [0.05, 0.1) is 17.9 Å². The van der Waals surface area contributed by atoms with E-state index in [9.17, 15) is 14.4 Å². The molecule has 8 heteroatoms. The number of fused-ring (bicyclic) bond motifs is 1. The van der Waals surface area contributed by atoms with E-state index in [2.05, 4.69) is 42.4 Å². The molecular formula is C34H48N4O4. The summed E-state index contributed by atoms with van der Waals surface area (Å²) in [6.45, 7) is 12.9. The van der Waals surface area contributed by atoms with Gasteiger partial charge in [0, 0.05) is 30.9 Å². The zero-order valence-electron chi connectivity index (χ0n) is 25.9. The van der Waals surface area contributed by atoms with Gasteiger partial charge in [0.25, 0.3) is 0 Å². The molecule has 2 bridgehead atoms. The lowest BCUT2D eigenvalue weighted by atomic mass is 9.73. The number of carbonyl (C=O) groups is 3. The Hall–Kier alpha value is -2.71. The minimum Gasteiger partial charge on any atom is -0.359 e. The molecule has 3 saturated heterocycles. The molecule has 3 amide bonds. The summed E-state index contributed by atoms with van der Waals surface area (Å²) >= 11 is 0. The SMILES string of the molecule is Cc1cc(C)cc(NC(=O)C2[C@@H]3C=CC4(O3)C(C(=O)NC3CCCC(C)C3C)N(CCN3CCCCC3C)C(=O)[C@H]24)c1. The summed E-state index contributed by atoms with van der Waals surface area (Å²) in [5.74, 6) is -1.03. The lowest BCUT2D eigenvalue weighted by Crippen LogP contribution is -2.58. The summed E-state index contributed by atoms with van der Waals surface area (Å²) in [6.07, 6.45) is 10.0. The maximum Gasteiger partial charge on any atom is 0.246 e. The highest BCUT2D eigenvalue weighted by Gasteiger charge is 2.72. The monoisotopic (exact) mass is 576 g/mol. The topological polar surface area (TPSA) is 91.0 Å². The number of ether oxygens (including phenoxy) is 1. The average Bonchev–Trinajstić information content (AvgIpc) is 3.57. The van der Waals surface area contributed by atoms with Gasteiger partial charge in [-0.15, -0.1) is 0 Å². The molecule has 228 valence electrons. The molecule has 9 atom stereocenters. The van der Waals surface area contributed by atoms with Crippen molar-refractivity contribution < 1.29 is 19.1 Å². The van der Waals surface area contributed by atoms with E-state index in [1.165, 1.54) is 12.8 Å². The summed E-state index contributed by atoms with van der Waals surface area (Å²) in [4.78, 5) is 46.6. The number of piperidine rings is 1. The Kier molecular flexibility index (Phi) is 7.98. The molecule has 2 N–H and O–H groups in total. The Morgan fingerprint density at radius 2 is 1.74 bits per heavy atom. The predicted molar refractivity (Wildman–Crippen MR) is 163 cm³/mol. The zero-order valence-corrected chi connectivity index (χ0v) is 25.9. The first kappa shape index (κ1) is 29.4. The lowest BCUT2D eigenvalue weighted by molar-refractivity contribution is -0.142. The van der Waals surface area contributed by atoms with Crippen LogP contribution in [0.1, 0.15) is 70.4 Å². The number of carbonyl (C=O) groups excluding carboxylic acids is 3. The van der Waals surface area contributed by atoms with Crippen LogP contribution in [0.15, 0.2) is 30.4 Å². The van der Waals surface area contributed by atoms with Crippen molar-refractivity contribution in [2.45, 2.75) is 103 Å². The van der Waals surface area contributed by atoms with Crippen LogP contribution >= 0.6 is 0 Å². The Morgan fingerprint density at radius 3 is 2.48 bits per heavy atom. The van der Waals surface area contributed by atoms with Gasteiger partial charge in [-0.25, -0.2) is 0 Å². The summed E-state index contributed by atoms with van der Waals surface area (Å²) in [5, 5.41) is 6.44. The number of nitrogens with one attached hydrogen (secondary N) is 2. The summed E-state index contributed by atoms with van der Waals surface area (Å²) in [5.41, 5.74) is 1.70. The van der Waals surface area contributed by atoms with E-state index in [0.717, 1.165) is 49.0 Å². The second kappa shape index (κ2) is 11.4. The number of likely N-dealkylation sites (tertiary alicyclic amines) is 2. The number of hydrogen-bond donors (Lipinski definition) is 2. The smallest absolute Gasteiger partial charge is 0.246 e. The number of nitrogens with zero attached hydrogens (tertiary/aromatic N) is 2. The van der Waals surface area contributed by atoms with Crippen LogP contribution in [0.2, 0.25) is 0 Å². The van der Waals surface area contributed by atoms with Crippen molar-refractivity contribution in [1.82, 2.24) is 15.1 Å². The van der Waals surface area contributed by atoms with Gasteiger partial charge in [0.1, 0.15) is 11.6 Å². The highest BCUT2D eigenvalue weighted by molar-refractivity contribution is 6.02. The van der Waals surface area contributed by atoms with Crippen molar-refractivity contribution in [3.8, 4) is 0 Å². The van der Waals surface area contributed by atoms with Gasteiger partial charge in [-0.2, -0.15) is 0 Å². The van der Waals surface area contributed by atoms with E-state index < -0.39 is 29.6 Å². The molecule has 1 aromatic rings. The molecule has 5 aliphatic rings. The number of rotatable bonds is 7. The van der Waals surface area contributed by atoms with E-state index in [1.807, 2.05) is 38.1 Å². The summed E-state index contributed by atoms with van der Waals surface area (Å²) < 4.78 is 6.58. The Bertz CT molecular complexity index is 1240. The van der Waals surface area contributed by atoms with Crippen LogP contribution in [0.3, 0.4) is 0 Å². The van der Waals surface area contributed by atoms with E-state index in [1.54, 1.807) is 4.90 Å². The zero-order chi connectivity index (χ0) is 29.8. The molecule has 1 aliphatic carbocycles. The first-order valence-electron chi connectivity index (χ1n) is 16.2. The quantitative estimate of drug-likeness (QED) is 0.475. The van der Waals surface area contributed by atoms with Crippen LogP contribution in [0.25, 0.3) is 0 Å². The van der Waals surface area contributed by atoms with Crippen LogP contribution in [0.5, 0.6) is 0 Å². The van der Waals surface area contributed by atoms with Crippen LogP contribution in [0.4, 0.5) is 5.69 Å². The molecule has 1 spiro atoms. The number of aryl methyl sites for hydroxylation is 2. The molecule has 6 rings (SSSR count).